The standard InChI is InChI=1S/C10H8N2O2/c13-9-4-5-11-6-7(9)8-2-1-3-10(14)12-8/h1-6H,(H,11,13)(H,12,14). The fourth-order valence-corrected chi connectivity index (χ4v) is 1.23. The summed E-state index contributed by atoms with van der Waals surface area (Å²) in [6, 6.07) is 6.12. The second kappa shape index (κ2) is 3.33. The Bertz CT molecular complexity index is 554. The monoisotopic (exact) mass is 188 g/mol. The van der Waals surface area contributed by atoms with E-state index in [0.29, 0.717) is 11.3 Å². The summed E-state index contributed by atoms with van der Waals surface area (Å²) >= 11 is 0. The SMILES string of the molecule is O=c1cccc(-c2c[nH]ccc2=O)[nH]1. The molecule has 0 saturated heterocycles. The van der Waals surface area contributed by atoms with Crippen molar-refractivity contribution < 1.29 is 0 Å². The predicted octanol–water partition coefficient (Wildman–Crippen LogP) is 0.730. The summed E-state index contributed by atoms with van der Waals surface area (Å²) in [5, 5.41) is 0. The maximum absolute atomic E-state index is 11.4. The first-order valence-corrected chi connectivity index (χ1v) is 4.14. The number of aromatic amines is 2. The molecular formula is C10H8N2O2. The van der Waals surface area contributed by atoms with Crippen molar-refractivity contribution in [3.8, 4) is 11.3 Å². The van der Waals surface area contributed by atoms with E-state index in [2.05, 4.69) is 9.97 Å². The van der Waals surface area contributed by atoms with Crippen LogP contribution < -0.4 is 11.0 Å². The molecule has 2 rings (SSSR count). The number of rotatable bonds is 1. The molecule has 0 radical (unpaired) electrons. The van der Waals surface area contributed by atoms with Gasteiger partial charge in [-0.25, -0.2) is 0 Å². The Morgan fingerprint density at radius 2 is 1.93 bits per heavy atom. The zero-order valence-corrected chi connectivity index (χ0v) is 7.28. The number of aromatic nitrogens is 2. The van der Waals surface area contributed by atoms with Gasteiger partial charge in [-0.1, -0.05) is 6.07 Å². The normalized spacial score (nSPS) is 10.0. The Hall–Kier alpha value is -2.10. The minimum atomic E-state index is -0.217. The van der Waals surface area contributed by atoms with Crippen LogP contribution in [0.1, 0.15) is 0 Å². The van der Waals surface area contributed by atoms with E-state index in [0.717, 1.165) is 0 Å². The zero-order valence-electron chi connectivity index (χ0n) is 7.28. The fourth-order valence-electron chi connectivity index (χ4n) is 1.23. The Balaban J connectivity index is 2.67. The van der Waals surface area contributed by atoms with Gasteiger partial charge in [0, 0.05) is 24.5 Å². The van der Waals surface area contributed by atoms with E-state index in [-0.39, 0.29) is 11.0 Å². The molecule has 0 amide bonds. The van der Waals surface area contributed by atoms with Gasteiger partial charge in [-0.3, -0.25) is 9.59 Å². The Morgan fingerprint density at radius 1 is 1.07 bits per heavy atom. The molecule has 0 fully saturated rings. The second-order valence-corrected chi connectivity index (χ2v) is 2.85. The van der Waals surface area contributed by atoms with Gasteiger partial charge in [-0.15, -0.1) is 0 Å². The maximum Gasteiger partial charge on any atom is 0.248 e. The zero-order chi connectivity index (χ0) is 9.97. The summed E-state index contributed by atoms with van der Waals surface area (Å²) < 4.78 is 0. The van der Waals surface area contributed by atoms with Crippen LogP contribution in [-0.4, -0.2) is 9.97 Å². The van der Waals surface area contributed by atoms with Gasteiger partial charge < -0.3 is 9.97 Å². The van der Waals surface area contributed by atoms with Gasteiger partial charge in [0.2, 0.25) is 5.56 Å². The molecule has 0 atom stereocenters. The van der Waals surface area contributed by atoms with E-state index in [1.165, 1.54) is 12.1 Å². The molecule has 2 heterocycles. The minimum absolute atomic E-state index is 0.120. The average molecular weight is 188 g/mol. The molecule has 2 aromatic heterocycles. The fraction of sp³-hybridized carbons (Fsp3) is 0. The highest BCUT2D eigenvalue weighted by molar-refractivity contribution is 5.56. The highest BCUT2D eigenvalue weighted by Crippen LogP contribution is 2.07. The summed E-state index contributed by atoms with van der Waals surface area (Å²) in [4.78, 5) is 27.8. The molecule has 4 heteroatoms. The van der Waals surface area contributed by atoms with Crippen LogP contribution in [-0.2, 0) is 0 Å². The van der Waals surface area contributed by atoms with Crippen LogP contribution in [0.2, 0.25) is 0 Å². The van der Waals surface area contributed by atoms with E-state index >= 15 is 0 Å². The van der Waals surface area contributed by atoms with Crippen molar-refractivity contribution in [1.29, 1.82) is 0 Å². The Kier molecular flexibility index (Phi) is 2.02. The lowest BCUT2D eigenvalue weighted by Gasteiger charge is -1.98. The van der Waals surface area contributed by atoms with Crippen molar-refractivity contribution in [3.63, 3.8) is 0 Å². The third-order valence-electron chi connectivity index (χ3n) is 1.88. The lowest BCUT2D eigenvalue weighted by Crippen LogP contribution is -2.09. The van der Waals surface area contributed by atoms with Crippen LogP contribution in [0, 0.1) is 0 Å². The van der Waals surface area contributed by atoms with Crippen molar-refractivity contribution in [3.05, 3.63) is 57.2 Å². The molecule has 14 heavy (non-hydrogen) atoms. The Morgan fingerprint density at radius 3 is 2.64 bits per heavy atom. The number of hydrogen-bond donors (Lipinski definition) is 2. The summed E-state index contributed by atoms with van der Waals surface area (Å²) in [7, 11) is 0. The quantitative estimate of drug-likeness (QED) is 0.692. The average Bonchev–Trinajstić information content (AvgIpc) is 2.18. The number of H-pyrrole nitrogens is 2. The molecule has 70 valence electrons. The van der Waals surface area contributed by atoms with E-state index in [1.54, 1.807) is 24.5 Å². The van der Waals surface area contributed by atoms with Gasteiger partial charge >= 0.3 is 0 Å². The summed E-state index contributed by atoms with van der Waals surface area (Å²) in [6.07, 6.45) is 3.11. The Labute approximate surface area is 79.3 Å². The number of hydrogen-bond acceptors (Lipinski definition) is 2. The van der Waals surface area contributed by atoms with Gasteiger partial charge in [0.25, 0.3) is 0 Å². The van der Waals surface area contributed by atoms with Crippen LogP contribution in [0.3, 0.4) is 0 Å². The molecule has 0 aliphatic heterocycles. The first-order chi connectivity index (χ1) is 6.77. The van der Waals surface area contributed by atoms with E-state index < -0.39 is 0 Å². The topological polar surface area (TPSA) is 65.7 Å². The van der Waals surface area contributed by atoms with Crippen molar-refractivity contribution in [2.75, 3.05) is 0 Å². The van der Waals surface area contributed by atoms with Gasteiger partial charge in [-0.2, -0.15) is 0 Å². The smallest absolute Gasteiger partial charge is 0.248 e. The van der Waals surface area contributed by atoms with E-state index in [1.807, 2.05) is 0 Å². The molecular weight excluding hydrogens is 180 g/mol. The van der Waals surface area contributed by atoms with Crippen LogP contribution >= 0.6 is 0 Å². The number of nitrogens with one attached hydrogen (secondary N) is 2. The molecule has 0 spiro atoms. The van der Waals surface area contributed by atoms with Crippen LogP contribution in [0.4, 0.5) is 0 Å². The molecule has 2 aromatic rings. The summed E-state index contributed by atoms with van der Waals surface area (Å²) in [6.45, 7) is 0. The van der Waals surface area contributed by atoms with Gasteiger partial charge in [-0.05, 0) is 6.07 Å². The van der Waals surface area contributed by atoms with E-state index in [9.17, 15) is 9.59 Å². The summed E-state index contributed by atoms with van der Waals surface area (Å²) in [5.74, 6) is 0. The van der Waals surface area contributed by atoms with Crippen LogP contribution in [0.25, 0.3) is 11.3 Å². The lowest BCUT2D eigenvalue weighted by molar-refractivity contribution is 1.21. The first-order valence-electron chi connectivity index (χ1n) is 4.14. The highest BCUT2D eigenvalue weighted by atomic mass is 16.1. The van der Waals surface area contributed by atoms with Crippen molar-refractivity contribution in [1.82, 2.24) is 9.97 Å². The van der Waals surface area contributed by atoms with Crippen LogP contribution in [0.5, 0.6) is 0 Å². The maximum atomic E-state index is 11.4. The minimum Gasteiger partial charge on any atom is -0.367 e. The van der Waals surface area contributed by atoms with Crippen molar-refractivity contribution in [2.45, 2.75) is 0 Å². The van der Waals surface area contributed by atoms with Gasteiger partial charge in [0.1, 0.15) is 0 Å². The highest BCUT2D eigenvalue weighted by Gasteiger charge is 2.01. The van der Waals surface area contributed by atoms with E-state index in [4.69, 9.17) is 0 Å². The molecule has 2 N–H and O–H groups in total. The van der Waals surface area contributed by atoms with Crippen molar-refractivity contribution in [2.24, 2.45) is 0 Å². The first kappa shape index (κ1) is 8.50. The molecule has 0 saturated carbocycles. The second-order valence-electron chi connectivity index (χ2n) is 2.85. The van der Waals surface area contributed by atoms with Crippen LogP contribution in [0.15, 0.2) is 46.2 Å². The number of pyridine rings is 2. The lowest BCUT2D eigenvalue weighted by atomic mass is 10.2. The van der Waals surface area contributed by atoms with Gasteiger partial charge in [0.05, 0.1) is 11.3 Å². The van der Waals surface area contributed by atoms with Crippen molar-refractivity contribution >= 4 is 0 Å². The third kappa shape index (κ3) is 1.50. The molecule has 0 aliphatic rings. The summed E-state index contributed by atoms with van der Waals surface area (Å²) in [5.41, 5.74) is 0.654. The molecule has 0 aliphatic carbocycles. The molecule has 0 bridgehead atoms. The predicted molar refractivity (Wildman–Crippen MR) is 53.1 cm³/mol. The van der Waals surface area contributed by atoms with Gasteiger partial charge in [0.15, 0.2) is 5.43 Å². The molecule has 0 unspecified atom stereocenters. The molecule has 4 nitrogen and oxygen atoms in total. The largest absolute Gasteiger partial charge is 0.367 e. The third-order valence-corrected chi connectivity index (χ3v) is 1.88. The molecule has 0 aromatic carbocycles.